The number of methoxy groups -OCH3 is 1. The highest BCUT2D eigenvalue weighted by Crippen LogP contribution is 2.06. The molecule has 2 nitrogen and oxygen atoms in total. The van der Waals surface area contributed by atoms with Crippen LogP contribution in [0.25, 0.3) is 6.08 Å². The average Bonchev–Trinajstić information content (AvgIpc) is 2.26. The van der Waals surface area contributed by atoms with E-state index in [0.717, 1.165) is 5.56 Å². The lowest BCUT2D eigenvalue weighted by Crippen LogP contribution is -2.31. The van der Waals surface area contributed by atoms with Gasteiger partial charge in [-0.25, -0.2) is 0 Å². The molecule has 0 saturated heterocycles. The Kier molecular flexibility index (Phi) is 4.75. The van der Waals surface area contributed by atoms with Crippen molar-refractivity contribution in [1.29, 1.82) is 0 Å². The summed E-state index contributed by atoms with van der Waals surface area (Å²) in [5.74, 6) is 0. The predicted octanol–water partition coefficient (Wildman–Crippen LogP) is 2.21. The fourth-order valence-corrected chi connectivity index (χ4v) is 1.10. The lowest BCUT2D eigenvalue weighted by molar-refractivity contribution is -0.139. The van der Waals surface area contributed by atoms with Gasteiger partial charge in [0.05, 0.1) is 6.61 Å². The summed E-state index contributed by atoms with van der Waals surface area (Å²) < 4.78 is 10.5. The van der Waals surface area contributed by atoms with Gasteiger partial charge in [-0.05, 0) is 12.5 Å². The second kappa shape index (κ2) is 5.85. The van der Waals surface area contributed by atoms with Crippen LogP contribution in [0.3, 0.4) is 0 Å². The second-order valence-electron chi connectivity index (χ2n) is 3.27. The maximum Gasteiger partial charge on any atom is 0.141 e. The fourth-order valence-electron chi connectivity index (χ4n) is 1.01. The van der Waals surface area contributed by atoms with Gasteiger partial charge in [-0.2, -0.15) is 0 Å². The van der Waals surface area contributed by atoms with E-state index in [1.54, 1.807) is 14.0 Å². The number of rotatable bonds is 5. The molecule has 1 rings (SSSR count). The lowest BCUT2D eigenvalue weighted by Gasteiger charge is -2.22. The molecule has 0 bridgehead atoms. The smallest absolute Gasteiger partial charge is 0.141 e. The maximum absolute atomic E-state index is 5.40. The maximum atomic E-state index is 5.40. The van der Waals surface area contributed by atoms with Crippen LogP contribution < -0.4 is 0 Å². The van der Waals surface area contributed by atoms with Crippen LogP contribution in [0.2, 0.25) is 0 Å². The van der Waals surface area contributed by atoms with Crippen molar-refractivity contribution in [2.24, 2.45) is 0 Å². The number of hydrogen-bond donors (Lipinski definition) is 0. The van der Waals surface area contributed by atoms with Crippen LogP contribution in [0.15, 0.2) is 36.4 Å². The number of ether oxygens (including phenoxy) is 2. The molecule has 0 heterocycles. The molecule has 0 aliphatic rings. The molecule has 0 saturated carbocycles. The van der Waals surface area contributed by atoms with Gasteiger partial charge >= 0.3 is 0 Å². The van der Waals surface area contributed by atoms with Crippen LogP contribution in [-0.4, -0.2) is 29.4 Å². The molecule has 3 heteroatoms. The zero-order chi connectivity index (χ0) is 11.1. The summed E-state index contributed by atoms with van der Waals surface area (Å²) >= 11 is 0. The van der Waals surface area contributed by atoms with E-state index >= 15 is 0 Å². The molecule has 15 heavy (non-hydrogen) atoms. The number of hydrogen-bond acceptors (Lipinski definition) is 2. The summed E-state index contributed by atoms with van der Waals surface area (Å²) in [4.78, 5) is 0. The summed E-state index contributed by atoms with van der Waals surface area (Å²) in [5, 5.41) is 0. The molecule has 3 radical (unpaired) electrons. The van der Waals surface area contributed by atoms with Gasteiger partial charge in [0.15, 0.2) is 0 Å². The van der Waals surface area contributed by atoms with E-state index in [1.165, 1.54) is 0 Å². The Morgan fingerprint density at radius 2 is 2.00 bits per heavy atom. The third-order valence-corrected chi connectivity index (χ3v) is 2.30. The first-order valence-corrected chi connectivity index (χ1v) is 5.30. The molecule has 0 amide bonds. The summed E-state index contributed by atoms with van der Waals surface area (Å²) in [6.07, 6.45) is 3.96. The van der Waals surface area contributed by atoms with Crippen LogP contribution in [0, 0.1) is 0 Å². The Hall–Kier alpha value is -0.903. The monoisotopic (exact) mass is 219 g/mol. The van der Waals surface area contributed by atoms with Crippen LogP contribution in [0.1, 0.15) is 12.5 Å². The normalized spacial score (nSPS) is 15.4. The van der Waals surface area contributed by atoms with Crippen molar-refractivity contribution in [3.05, 3.63) is 42.0 Å². The van der Waals surface area contributed by atoms with Crippen LogP contribution in [0.5, 0.6) is 0 Å². The van der Waals surface area contributed by atoms with Gasteiger partial charge in [-0.3, -0.25) is 0 Å². The van der Waals surface area contributed by atoms with Crippen molar-refractivity contribution >= 4 is 16.3 Å². The van der Waals surface area contributed by atoms with Crippen LogP contribution in [0.4, 0.5) is 0 Å². The van der Waals surface area contributed by atoms with E-state index in [4.69, 9.17) is 9.47 Å². The Morgan fingerprint density at radius 1 is 1.33 bits per heavy atom. The van der Waals surface area contributed by atoms with E-state index in [-0.39, 0.29) is 0 Å². The molecule has 1 atom stereocenters. The van der Waals surface area contributed by atoms with E-state index in [0.29, 0.717) is 6.61 Å². The molecular weight excluding hydrogens is 204 g/mol. The lowest BCUT2D eigenvalue weighted by atomic mass is 10.2. The minimum atomic E-state index is -0.707. The Balaban J connectivity index is 2.35. The van der Waals surface area contributed by atoms with E-state index in [1.807, 2.05) is 42.5 Å². The van der Waals surface area contributed by atoms with Crippen LogP contribution >= 0.6 is 0 Å². The highest BCUT2D eigenvalue weighted by atomic mass is 28.1. The summed E-state index contributed by atoms with van der Waals surface area (Å²) in [5.41, 5.74) is 0.454. The highest BCUT2D eigenvalue weighted by molar-refractivity contribution is 6.13. The Bertz CT molecular complexity index is 307. The van der Waals surface area contributed by atoms with Gasteiger partial charge in [0.25, 0.3) is 0 Å². The first kappa shape index (κ1) is 12.2. The third kappa shape index (κ3) is 4.92. The Labute approximate surface area is 94.3 Å². The van der Waals surface area contributed by atoms with Crippen molar-refractivity contribution in [2.45, 2.75) is 12.3 Å². The molecule has 1 unspecified atom stereocenters. The predicted molar refractivity (Wildman–Crippen MR) is 62.6 cm³/mol. The van der Waals surface area contributed by atoms with Crippen molar-refractivity contribution in [2.75, 3.05) is 13.7 Å². The molecule has 79 valence electrons. The van der Waals surface area contributed by atoms with Gasteiger partial charge in [-0.1, -0.05) is 42.5 Å². The molecular formula is C12H15O2Si. The summed E-state index contributed by atoms with van der Waals surface area (Å²) in [6, 6.07) is 10.1. The quantitative estimate of drug-likeness (QED) is 0.558. The summed E-state index contributed by atoms with van der Waals surface area (Å²) in [6.45, 7) is 2.31. The molecule has 0 aromatic heterocycles. The van der Waals surface area contributed by atoms with Crippen molar-refractivity contribution in [3.63, 3.8) is 0 Å². The van der Waals surface area contributed by atoms with E-state index in [9.17, 15) is 0 Å². The molecule has 0 fully saturated rings. The number of benzene rings is 1. The van der Waals surface area contributed by atoms with Crippen LogP contribution in [-0.2, 0) is 9.47 Å². The third-order valence-electron chi connectivity index (χ3n) is 1.95. The second-order valence-corrected chi connectivity index (χ2v) is 4.18. The van der Waals surface area contributed by atoms with Gasteiger partial charge in [-0.15, -0.1) is 0 Å². The molecule has 1 aromatic rings. The zero-order valence-corrected chi connectivity index (χ0v) is 10.1. The zero-order valence-electron chi connectivity index (χ0n) is 9.07. The molecule has 0 spiro atoms. The van der Waals surface area contributed by atoms with Gasteiger partial charge in [0, 0.05) is 7.11 Å². The van der Waals surface area contributed by atoms with Crippen molar-refractivity contribution in [1.82, 2.24) is 0 Å². The molecule has 0 N–H and O–H groups in total. The standard InChI is InChI=1S/C12H15O2Si/c1-12(15,13-2)14-10-6-9-11-7-4-3-5-8-11/h3-9H,10H2,1-2H3/b9-6+. The topological polar surface area (TPSA) is 18.5 Å². The van der Waals surface area contributed by atoms with Gasteiger partial charge < -0.3 is 9.47 Å². The van der Waals surface area contributed by atoms with E-state index < -0.39 is 5.41 Å². The first-order valence-electron chi connectivity index (χ1n) is 4.80. The molecule has 1 aromatic carbocycles. The Morgan fingerprint density at radius 3 is 2.60 bits per heavy atom. The van der Waals surface area contributed by atoms with Gasteiger partial charge in [0.2, 0.25) is 0 Å². The van der Waals surface area contributed by atoms with Crippen molar-refractivity contribution in [3.8, 4) is 0 Å². The minimum Gasteiger partial charge on any atom is -0.358 e. The fraction of sp³-hybridized carbons (Fsp3) is 0.333. The summed E-state index contributed by atoms with van der Waals surface area (Å²) in [7, 11) is 4.93. The molecule has 0 aliphatic heterocycles. The first-order chi connectivity index (χ1) is 7.14. The van der Waals surface area contributed by atoms with E-state index in [2.05, 4.69) is 10.2 Å². The SMILES string of the molecule is COC(C)([Si])OC/C=C/c1ccccc1. The average molecular weight is 219 g/mol. The van der Waals surface area contributed by atoms with Gasteiger partial charge in [0.1, 0.15) is 15.7 Å². The largest absolute Gasteiger partial charge is 0.358 e. The highest BCUT2D eigenvalue weighted by Gasteiger charge is 2.14. The minimum absolute atomic E-state index is 0.503. The van der Waals surface area contributed by atoms with Crippen molar-refractivity contribution < 1.29 is 9.47 Å². The molecule has 0 aliphatic carbocycles.